The van der Waals surface area contributed by atoms with Crippen LogP contribution < -0.4 is 76.5 Å². The molecule has 0 aromatic rings. The fraction of sp³-hybridized carbons (Fsp3) is 0.714. The number of hydrogen-bond donors (Lipinski definition) is 15. The standard InChI is InChI=1S/C49H86N18O12/c1-7-9-10-11-16-34(44(75)64-36(25-28(3)4)46(77)61-31(41(52)72)18-14-23-56-49(53)54)62-45(76)35(20-21-38(51)70)63-48(79)40(29(5)8-2)66-47(78)37(27-68)65-43(74)33(19-15-24-58-67-55)60-39(71)26-57-42(73)32(59-30(6)69)17-12-13-22-50/h1,28-29,31-37,40,68H,8-27,50H2,2-6H3,(H2,51,70)(H2,52,72)(H,57,73)(H,59,69)(H,60,71)(H,61,77)(H,62,76)(H,63,79)(H,64,75)(H,65,74)(H,66,78)(H4,53,54,56)/t29-,31-,32-,33-,34-,35-,36-,37-,40-/m0/s1. The Kier molecular flexibility index (Phi) is 36.5. The van der Waals surface area contributed by atoms with Crippen LogP contribution in [0.5, 0.6) is 0 Å². The zero-order valence-corrected chi connectivity index (χ0v) is 46.1. The van der Waals surface area contributed by atoms with Gasteiger partial charge < -0.3 is 81.6 Å². The van der Waals surface area contributed by atoms with E-state index >= 15 is 0 Å². The molecule has 0 aromatic heterocycles. The summed E-state index contributed by atoms with van der Waals surface area (Å²) >= 11 is 0. The predicted molar refractivity (Wildman–Crippen MR) is 291 cm³/mol. The molecule has 20 N–H and O–H groups in total. The highest BCUT2D eigenvalue weighted by Crippen LogP contribution is 2.13. The third kappa shape index (κ3) is 31.3. The molecule has 444 valence electrons. The van der Waals surface area contributed by atoms with Crippen LogP contribution in [0, 0.1) is 24.2 Å². The molecule has 0 aromatic carbocycles. The second kappa shape index (κ2) is 40.4. The Morgan fingerprint density at radius 1 is 0.608 bits per heavy atom. The number of aliphatic hydroxyl groups excluding tert-OH is 1. The van der Waals surface area contributed by atoms with Crippen molar-refractivity contribution in [2.24, 2.45) is 50.6 Å². The monoisotopic (exact) mass is 1120 g/mol. The normalized spacial score (nSPS) is 14.2. The van der Waals surface area contributed by atoms with E-state index in [-0.39, 0.29) is 82.8 Å². The molecule has 0 saturated heterocycles. The second-order valence-electron chi connectivity index (χ2n) is 19.3. The minimum Gasteiger partial charge on any atom is -0.394 e. The smallest absolute Gasteiger partial charge is 0.245 e. The summed E-state index contributed by atoms with van der Waals surface area (Å²) in [5, 5.41) is 36.3. The van der Waals surface area contributed by atoms with Crippen molar-refractivity contribution in [2.45, 2.75) is 179 Å². The topological polar surface area (TPSA) is 507 Å². The van der Waals surface area contributed by atoms with Crippen LogP contribution in [0.4, 0.5) is 0 Å². The Morgan fingerprint density at radius 3 is 1.63 bits per heavy atom. The molecule has 0 fully saturated rings. The number of aliphatic imine (C=N–C) groups is 1. The summed E-state index contributed by atoms with van der Waals surface area (Å²) in [4.78, 5) is 152. The maximum atomic E-state index is 14.2. The molecule has 0 aliphatic heterocycles. The van der Waals surface area contributed by atoms with Crippen molar-refractivity contribution in [1.29, 1.82) is 0 Å². The summed E-state index contributed by atoms with van der Waals surface area (Å²) < 4.78 is 0. The van der Waals surface area contributed by atoms with Gasteiger partial charge in [-0.25, -0.2) is 0 Å². The van der Waals surface area contributed by atoms with E-state index < -0.39 is 139 Å². The molecular formula is C49H86N18O12. The average molecular weight is 1120 g/mol. The summed E-state index contributed by atoms with van der Waals surface area (Å²) in [6.07, 6.45) is 7.62. The summed E-state index contributed by atoms with van der Waals surface area (Å²) in [6, 6.07) is -10.9. The van der Waals surface area contributed by atoms with E-state index in [2.05, 4.69) is 68.8 Å². The zero-order valence-electron chi connectivity index (χ0n) is 46.1. The van der Waals surface area contributed by atoms with Gasteiger partial charge in [0.15, 0.2) is 5.96 Å². The van der Waals surface area contributed by atoms with Gasteiger partial charge in [0, 0.05) is 37.8 Å². The maximum Gasteiger partial charge on any atom is 0.245 e. The fourth-order valence-electron chi connectivity index (χ4n) is 7.61. The Morgan fingerprint density at radius 2 is 1.10 bits per heavy atom. The third-order valence-corrected chi connectivity index (χ3v) is 12.1. The van der Waals surface area contributed by atoms with Crippen molar-refractivity contribution in [1.82, 2.24) is 47.9 Å². The highest BCUT2D eigenvalue weighted by molar-refractivity contribution is 5.98. The van der Waals surface area contributed by atoms with Crippen LogP contribution in [-0.4, -0.2) is 157 Å². The van der Waals surface area contributed by atoms with Gasteiger partial charge in [0.1, 0.15) is 48.3 Å². The molecule has 0 saturated carbocycles. The SMILES string of the molecule is C#CCCCC[C@H](NC(=O)[C@H](CCC(N)=O)NC(=O)[C@@H](NC(=O)[C@H](CO)NC(=O)[C@H](CCCN=[N+]=[N-])NC(=O)CNC(=O)[C@H](CCCCN)NC(C)=O)[C@@H](C)CC)C(=O)N[C@@H](CC(C)C)C(=O)N[C@@H](CCCN=C(N)N)C(N)=O. The number of primary amides is 2. The van der Waals surface area contributed by atoms with E-state index in [1.54, 1.807) is 27.7 Å². The third-order valence-electron chi connectivity index (χ3n) is 12.1. The van der Waals surface area contributed by atoms with Crippen LogP contribution in [0.3, 0.4) is 0 Å². The van der Waals surface area contributed by atoms with Gasteiger partial charge in [0.2, 0.25) is 65.0 Å². The van der Waals surface area contributed by atoms with Crippen LogP contribution in [0.15, 0.2) is 10.1 Å². The lowest BCUT2D eigenvalue weighted by Gasteiger charge is -2.29. The second-order valence-corrected chi connectivity index (χ2v) is 19.3. The van der Waals surface area contributed by atoms with Crippen molar-refractivity contribution < 1.29 is 57.8 Å². The van der Waals surface area contributed by atoms with Crippen molar-refractivity contribution in [3.8, 4) is 12.3 Å². The first kappa shape index (κ1) is 71.2. The number of terminal acetylenes is 1. The highest BCUT2D eigenvalue weighted by Gasteiger charge is 2.36. The Bertz CT molecular complexity index is 2150. The van der Waals surface area contributed by atoms with Crippen LogP contribution in [0.1, 0.15) is 131 Å². The summed E-state index contributed by atoms with van der Waals surface area (Å²) in [5.41, 5.74) is 36.1. The van der Waals surface area contributed by atoms with Gasteiger partial charge in [-0.1, -0.05) is 39.2 Å². The number of amides is 11. The van der Waals surface area contributed by atoms with Gasteiger partial charge in [-0.05, 0) is 101 Å². The molecular weight excluding hydrogens is 1030 g/mol. The molecule has 0 spiro atoms. The maximum absolute atomic E-state index is 14.2. The lowest BCUT2D eigenvalue weighted by molar-refractivity contribution is -0.137. The van der Waals surface area contributed by atoms with Crippen LogP contribution >= 0.6 is 0 Å². The molecule has 0 bridgehead atoms. The van der Waals surface area contributed by atoms with Gasteiger partial charge in [-0.3, -0.25) is 57.7 Å². The Balaban J connectivity index is 6.61. The number of nitrogens with two attached hydrogens (primary N) is 5. The lowest BCUT2D eigenvalue weighted by Crippen LogP contribution is -2.61. The number of rotatable bonds is 42. The van der Waals surface area contributed by atoms with Gasteiger partial charge >= 0.3 is 0 Å². The average Bonchev–Trinajstić information content (AvgIpc) is 3.38. The largest absolute Gasteiger partial charge is 0.394 e. The minimum atomic E-state index is -1.74. The van der Waals surface area contributed by atoms with Crippen molar-refractivity contribution in [3.63, 3.8) is 0 Å². The van der Waals surface area contributed by atoms with Gasteiger partial charge in [-0.15, -0.1) is 12.3 Å². The molecule has 0 unspecified atom stereocenters. The molecule has 0 radical (unpaired) electrons. The number of unbranched alkanes of at least 4 members (excludes halogenated alkanes) is 3. The van der Waals surface area contributed by atoms with E-state index in [9.17, 15) is 57.8 Å². The zero-order chi connectivity index (χ0) is 60.0. The van der Waals surface area contributed by atoms with E-state index in [0.717, 1.165) is 0 Å². The molecule has 0 rings (SSSR count). The number of nitrogens with zero attached hydrogens (tertiary/aromatic N) is 4. The van der Waals surface area contributed by atoms with E-state index in [1.165, 1.54) is 6.92 Å². The number of guanidine groups is 1. The van der Waals surface area contributed by atoms with E-state index in [0.29, 0.717) is 38.6 Å². The van der Waals surface area contributed by atoms with Crippen molar-refractivity contribution >= 4 is 70.9 Å². The first-order valence-electron chi connectivity index (χ1n) is 26.4. The quantitative estimate of drug-likeness (QED) is 0.00532. The number of aliphatic hydroxyl groups is 1. The first-order valence-corrected chi connectivity index (χ1v) is 26.4. The number of hydrogen-bond acceptors (Lipinski definition) is 15. The van der Waals surface area contributed by atoms with Gasteiger partial charge in [-0.2, -0.15) is 0 Å². The Hall–Kier alpha value is -7.77. The van der Waals surface area contributed by atoms with E-state index in [1.807, 2.05) is 0 Å². The summed E-state index contributed by atoms with van der Waals surface area (Å²) in [7, 11) is 0. The van der Waals surface area contributed by atoms with Crippen LogP contribution in [-0.2, 0) is 52.7 Å². The van der Waals surface area contributed by atoms with Crippen LogP contribution in [0.25, 0.3) is 10.4 Å². The van der Waals surface area contributed by atoms with Crippen molar-refractivity contribution in [3.05, 3.63) is 10.4 Å². The highest BCUT2D eigenvalue weighted by atomic mass is 16.3. The molecule has 30 heteroatoms. The fourth-order valence-corrected chi connectivity index (χ4v) is 7.61. The van der Waals surface area contributed by atoms with Gasteiger partial charge in [0.05, 0.1) is 13.2 Å². The molecule has 11 amide bonds. The van der Waals surface area contributed by atoms with Gasteiger partial charge in [0.25, 0.3) is 0 Å². The van der Waals surface area contributed by atoms with Crippen molar-refractivity contribution in [2.75, 3.05) is 32.8 Å². The molecule has 0 heterocycles. The first-order chi connectivity index (χ1) is 37.3. The molecule has 0 aliphatic rings. The number of nitrogens with one attached hydrogen (secondary N) is 9. The molecule has 79 heavy (non-hydrogen) atoms. The van der Waals surface area contributed by atoms with E-state index in [4.69, 9.17) is 40.6 Å². The molecule has 9 atom stereocenters. The summed E-state index contributed by atoms with van der Waals surface area (Å²) in [6.45, 7) is 6.83. The molecule has 30 nitrogen and oxygen atoms in total. The Labute approximate surface area is 461 Å². The van der Waals surface area contributed by atoms with Crippen LogP contribution in [0.2, 0.25) is 0 Å². The minimum absolute atomic E-state index is 0.00843. The molecule has 0 aliphatic carbocycles. The number of carbonyl (C=O) groups is 11. The lowest BCUT2D eigenvalue weighted by atomic mass is 9.97. The summed E-state index contributed by atoms with van der Waals surface area (Å²) in [5.74, 6) is -7.75. The number of azide groups is 1. The number of carbonyl (C=O) groups excluding carboxylic acids is 11. The predicted octanol–water partition coefficient (Wildman–Crippen LogP) is -3.70.